The van der Waals surface area contributed by atoms with Crippen LogP contribution in [0.4, 0.5) is 0 Å². The number of pyridine rings is 1. The molecule has 0 atom stereocenters. The van der Waals surface area contributed by atoms with Gasteiger partial charge in [0, 0.05) is 11.6 Å². The third-order valence-corrected chi connectivity index (χ3v) is 2.00. The molecule has 0 saturated heterocycles. The molecule has 3 heteroatoms. The molecule has 0 aliphatic carbocycles. The van der Waals surface area contributed by atoms with Crippen LogP contribution in [0.5, 0.6) is 5.75 Å². The zero-order valence-corrected chi connectivity index (χ0v) is 6.92. The summed E-state index contributed by atoms with van der Waals surface area (Å²) in [5.74, 6) is 0.206. The summed E-state index contributed by atoms with van der Waals surface area (Å²) in [5, 5.41) is 11.3. The van der Waals surface area contributed by atoms with Crippen LogP contribution in [0, 0.1) is 0 Å². The number of phenolic OH excluding ortho intramolecular Hbond substituents is 1. The van der Waals surface area contributed by atoms with E-state index in [9.17, 15) is 0 Å². The van der Waals surface area contributed by atoms with Crippen LogP contribution < -0.4 is 0 Å². The lowest BCUT2D eigenvalue weighted by Crippen LogP contribution is -1.77. The van der Waals surface area contributed by atoms with Gasteiger partial charge in [0.2, 0.25) is 0 Å². The Hall–Kier alpha value is -1.28. The molecule has 1 heterocycles. The van der Waals surface area contributed by atoms with Gasteiger partial charge in [-0.05, 0) is 23.6 Å². The average molecular weight is 180 g/mol. The van der Waals surface area contributed by atoms with Crippen molar-refractivity contribution < 1.29 is 5.11 Å². The van der Waals surface area contributed by atoms with Crippen molar-refractivity contribution in [3.05, 3.63) is 35.6 Å². The number of hydrogen-bond donors (Lipinski definition) is 1. The van der Waals surface area contributed by atoms with Crippen molar-refractivity contribution in [2.75, 3.05) is 0 Å². The summed E-state index contributed by atoms with van der Waals surface area (Å²) in [6.45, 7) is 0. The smallest absolute Gasteiger partial charge is 0.136 e. The van der Waals surface area contributed by atoms with Crippen molar-refractivity contribution in [2.45, 2.75) is 0 Å². The van der Waals surface area contributed by atoms with Gasteiger partial charge < -0.3 is 5.11 Å². The van der Waals surface area contributed by atoms with E-state index in [0.717, 1.165) is 10.8 Å². The third-order valence-electron chi connectivity index (χ3n) is 1.70. The summed E-state index contributed by atoms with van der Waals surface area (Å²) in [5.41, 5.74) is 0. The van der Waals surface area contributed by atoms with Crippen molar-refractivity contribution in [1.82, 2.24) is 4.98 Å². The van der Waals surface area contributed by atoms with Gasteiger partial charge in [-0.2, -0.15) is 0 Å². The lowest BCUT2D eigenvalue weighted by atomic mass is 10.2. The minimum Gasteiger partial charge on any atom is -0.508 e. The van der Waals surface area contributed by atoms with Crippen LogP contribution in [-0.4, -0.2) is 10.1 Å². The van der Waals surface area contributed by atoms with Crippen molar-refractivity contribution in [1.29, 1.82) is 0 Å². The van der Waals surface area contributed by atoms with Crippen LogP contribution >= 0.6 is 11.6 Å². The monoisotopic (exact) mass is 179 g/mol. The molecule has 0 spiro atoms. The lowest BCUT2D eigenvalue weighted by molar-refractivity contribution is 0.476. The molecule has 2 aromatic rings. The Bertz CT molecular complexity index is 428. The Labute approximate surface area is 74.4 Å². The summed E-state index contributed by atoms with van der Waals surface area (Å²) in [6, 6.07) is 6.88. The van der Waals surface area contributed by atoms with Crippen LogP contribution in [-0.2, 0) is 0 Å². The topological polar surface area (TPSA) is 33.1 Å². The number of aromatic hydroxyl groups is 1. The molecule has 2 rings (SSSR count). The Morgan fingerprint density at radius 2 is 2.08 bits per heavy atom. The maximum absolute atomic E-state index is 9.17. The van der Waals surface area contributed by atoms with Gasteiger partial charge in [0.25, 0.3) is 0 Å². The summed E-state index contributed by atoms with van der Waals surface area (Å²) in [6.07, 6.45) is 1.64. The molecule has 60 valence electrons. The largest absolute Gasteiger partial charge is 0.508 e. The first-order valence-electron chi connectivity index (χ1n) is 3.50. The lowest BCUT2D eigenvalue weighted by Gasteiger charge is -1.98. The second-order valence-electron chi connectivity index (χ2n) is 2.51. The Morgan fingerprint density at radius 1 is 1.25 bits per heavy atom. The number of rotatable bonds is 0. The first-order chi connectivity index (χ1) is 5.77. The van der Waals surface area contributed by atoms with Crippen molar-refractivity contribution in [3.8, 4) is 5.75 Å². The number of hydrogen-bond acceptors (Lipinski definition) is 2. The second-order valence-corrected chi connectivity index (χ2v) is 2.87. The second kappa shape index (κ2) is 2.64. The van der Waals surface area contributed by atoms with Crippen LogP contribution in [0.2, 0.25) is 5.15 Å². The molecule has 1 aromatic carbocycles. The molecule has 0 aliphatic rings. The average Bonchev–Trinajstić information content (AvgIpc) is 2.07. The molecule has 0 fully saturated rings. The fraction of sp³-hybridized carbons (Fsp3) is 0. The first-order valence-corrected chi connectivity index (χ1v) is 3.88. The molecule has 1 N–H and O–H groups in total. The summed E-state index contributed by atoms with van der Waals surface area (Å²) >= 11 is 5.81. The van der Waals surface area contributed by atoms with Gasteiger partial charge in [0.1, 0.15) is 10.9 Å². The van der Waals surface area contributed by atoms with Crippen molar-refractivity contribution >= 4 is 22.4 Å². The van der Waals surface area contributed by atoms with E-state index >= 15 is 0 Å². The molecule has 2 nitrogen and oxygen atoms in total. The number of fused-ring (bicyclic) bond motifs is 1. The number of phenols is 1. The molecule has 0 amide bonds. The number of benzene rings is 1. The van der Waals surface area contributed by atoms with E-state index in [1.807, 2.05) is 6.07 Å². The van der Waals surface area contributed by atoms with Crippen molar-refractivity contribution in [3.63, 3.8) is 0 Å². The number of aromatic nitrogens is 1. The van der Waals surface area contributed by atoms with Gasteiger partial charge in [-0.3, -0.25) is 0 Å². The van der Waals surface area contributed by atoms with Gasteiger partial charge >= 0.3 is 0 Å². The molecule has 0 unspecified atom stereocenters. The summed E-state index contributed by atoms with van der Waals surface area (Å²) < 4.78 is 0. The van der Waals surface area contributed by atoms with Gasteiger partial charge in [0.05, 0.1) is 0 Å². The molecule has 1 aromatic heterocycles. The predicted molar refractivity (Wildman–Crippen MR) is 48.4 cm³/mol. The maximum Gasteiger partial charge on any atom is 0.136 e. The maximum atomic E-state index is 9.17. The van der Waals surface area contributed by atoms with E-state index < -0.39 is 0 Å². The highest BCUT2D eigenvalue weighted by Crippen LogP contribution is 2.24. The highest BCUT2D eigenvalue weighted by atomic mass is 35.5. The van der Waals surface area contributed by atoms with Gasteiger partial charge in [-0.1, -0.05) is 17.7 Å². The Balaban J connectivity index is 2.88. The predicted octanol–water partition coefficient (Wildman–Crippen LogP) is 2.59. The standard InChI is InChI=1S/C9H6ClNO/c10-9-8-5-7(12)2-1-6(8)3-4-11-9/h1-5,12H. The van der Waals surface area contributed by atoms with Crippen LogP contribution in [0.15, 0.2) is 30.5 Å². The quantitative estimate of drug-likeness (QED) is 0.631. The Kier molecular flexibility index (Phi) is 1.62. The third kappa shape index (κ3) is 1.10. The summed E-state index contributed by atoms with van der Waals surface area (Å²) in [4.78, 5) is 3.90. The zero-order chi connectivity index (χ0) is 8.55. The van der Waals surface area contributed by atoms with Gasteiger partial charge in [-0.25, -0.2) is 4.98 Å². The SMILES string of the molecule is Oc1ccc2ccnc(Cl)c2c1. The molecule has 12 heavy (non-hydrogen) atoms. The number of halogens is 1. The van der Waals surface area contributed by atoms with Crippen LogP contribution in [0.1, 0.15) is 0 Å². The van der Waals surface area contributed by atoms with Crippen LogP contribution in [0.25, 0.3) is 10.8 Å². The molecule has 0 saturated carbocycles. The normalized spacial score (nSPS) is 10.4. The molecular formula is C9H6ClNO. The molecule has 0 aliphatic heterocycles. The van der Waals surface area contributed by atoms with Gasteiger partial charge in [-0.15, -0.1) is 0 Å². The molecule has 0 radical (unpaired) electrons. The van der Waals surface area contributed by atoms with E-state index in [1.54, 1.807) is 24.4 Å². The highest BCUT2D eigenvalue weighted by Gasteiger charge is 1.99. The Morgan fingerprint density at radius 3 is 2.92 bits per heavy atom. The summed E-state index contributed by atoms with van der Waals surface area (Å²) in [7, 11) is 0. The molecular weight excluding hydrogens is 174 g/mol. The van der Waals surface area contributed by atoms with E-state index in [2.05, 4.69) is 4.98 Å². The van der Waals surface area contributed by atoms with E-state index in [1.165, 1.54) is 0 Å². The fourth-order valence-corrected chi connectivity index (χ4v) is 1.34. The van der Waals surface area contributed by atoms with E-state index in [0.29, 0.717) is 5.15 Å². The zero-order valence-electron chi connectivity index (χ0n) is 6.16. The highest BCUT2D eigenvalue weighted by molar-refractivity contribution is 6.34. The van der Waals surface area contributed by atoms with Crippen LogP contribution in [0.3, 0.4) is 0 Å². The number of nitrogens with zero attached hydrogens (tertiary/aromatic N) is 1. The fourth-order valence-electron chi connectivity index (χ4n) is 1.12. The first kappa shape index (κ1) is 7.37. The van der Waals surface area contributed by atoms with E-state index in [-0.39, 0.29) is 5.75 Å². The molecule has 0 bridgehead atoms. The van der Waals surface area contributed by atoms with E-state index in [4.69, 9.17) is 16.7 Å². The minimum absolute atomic E-state index is 0.206. The minimum atomic E-state index is 0.206. The van der Waals surface area contributed by atoms with Gasteiger partial charge in [0.15, 0.2) is 0 Å². The van der Waals surface area contributed by atoms with Crippen molar-refractivity contribution in [2.24, 2.45) is 0 Å².